The molecule has 69 heavy (non-hydrogen) atoms. The van der Waals surface area contributed by atoms with Crippen LogP contribution in [0.15, 0.2) is 194 Å². The summed E-state index contributed by atoms with van der Waals surface area (Å²) in [5, 5.41) is 12.5. The average Bonchev–Trinajstić information content (AvgIpc) is 1.38. The van der Waals surface area contributed by atoms with Crippen molar-refractivity contribution in [2.24, 2.45) is 0 Å². The van der Waals surface area contributed by atoms with E-state index < -0.39 is 55.7 Å². The number of para-hydroxylation sites is 1. The minimum Gasteiger partial charge on any atom is -0.507 e. The van der Waals surface area contributed by atoms with Crippen LogP contribution in [0.5, 0.6) is 5.75 Å². The molecule has 0 fully saturated rings. The van der Waals surface area contributed by atoms with Crippen molar-refractivity contribution >= 4 is 11.0 Å². The molecule has 0 saturated heterocycles. The number of phenolic OH excluding ortho intramolecular Hbond substituents is 1. The molecular weight excluding hydrogens is 839 g/mol. The van der Waals surface area contributed by atoms with Crippen LogP contribution in [0, 0.1) is 6.92 Å². The Hall–Kier alpha value is -7.82. The molecule has 10 aromatic rings. The van der Waals surface area contributed by atoms with Gasteiger partial charge in [0.15, 0.2) is 0 Å². The topological polar surface area (TPSA) is 50.9 Å². The van der Waals surface area contributed by atoms with E-state index in [9.17, 15) is 7.85 Å². The zero-order valence-electron chi connectivity index (χ0n) is 52.1. The number of aryl methyl sites for hydroxylation is 1. The molecule has 0 amide bonds. The molecule has 10 rings (SSSR count). The zero-order valence-corrected chi connectivity index (χ0v) is 39.1. The number of aromatic nitrogens is 3. The number of imidazole rings is 1. The van der Waals surface area contributed by atoms with Crippen LogP contribution in [0.3, 0.4) is 0 Å². The van der Waals surface area contributed by atoms with Crippen molar-refractivity contribution in [2.75, 3.05) is 0 Å². The van der Waals surface area contributed by atoms with Crippen molar-refractivity contribution in [3.63, 3.8) is 0 Å². The van der Waals surface area contributed by atoms with Crippen LogP contribution < -0.4 is 0 Å². The number of benzene rings is 8. The molecule has 8 aromatic carbocycles. The van der Waals surface area contributed by atoms with E-state index in [1.165, 1.54) is 12.3 Å². The Kier molecular flexibility index (Phi) is 8.52. The Balaban J connectivity index is 1.25. The third-order valence-electron chi connectivity index (χ3n) is 12.8. The van der Waals surface area contributed by atoms with Gasteiger partial charge in [-0.05, 0) is 146 Å². The van der Waals surface area contributed by atoms with Crippen LogP contribution in [0.25, 0.3) is 95.0 Å². The molecule has 0 radical (unpaired) electrons. The summed E-state index contributed by atoms with van der Waals surface area (Å²) < 4.78 is 113. The number of nitrogens with zero attached hydrogens (tertiary/aromatic N) is 3. The van der Waals surface area contributed by atoms with E-state index in [1.54, 1.807) is 6.07 Å². The first-order valence-corrected chi connectivity index (χ1v) is 23.2. The van der Waals surface area contributed by atoms with Gasteiger partial charge in [-0.2, -0.15) is 0 Å². The molecular formula is C65H59N3O. The summed E-state index contributed by atoms with van der Waals surface area (Å²) in [7, 11) is 0. The van der Waals surface area contributed by atoms with E-state index in [0.29, 0.717) is 28.2 Å². The van der Waals surface area contributed by atoms with Gasteiger partial charge in [-0.25, -0.2) is 4.98 Å². The first kappa shape index (κ1) is 32.0. The molecule has 4 nitrogen and oxygen atoms in total. The van der Waals surface area contributed by atoms with Gasteiger partial charge in [-0.15, -0.1) is 0 Å². The fourth-order valence-corrected chi connectivity index (χ4v) is 9.16. The fourth-order valence-electron chi connectivity index (χ4n) is 9.16. The molecule has 2 aromatic heterocycles. The van der Waals surface area contributed by atoms with Crippen LogP contribution in [0.4, 0.5) is 0 Å². The molecule has 0 spiro atoms. The maximum atomic E-state index is 12.5. The monoisotopic (exact) mass is 911 g/mol. The molecule has 0 aliphatic rings. The van der Waals surface area contributed by atoms with E-state index in [0.717, 1.165) is 72.4 Å². The molecule has 0 aliphatic heterocycles. The number of hydrogen-bond donors (Lipinski definition) is 1. The van der Waals surface area contributed by atoms with Gasteiger partial charge in [-0.3, -0.25) is 9.55 Å². The largest absolute Gasteiger partial charge is 0.507 e. The lowest BCUT2D eigenvalue weighted by Crippen LogP contribution is -2.10. The van der Waals surface area contributed by atoms with Gasteiger partial charge in [0, 0.05) is 35.2 Å². The number of fused-ring (bicyclic) bond motifs is 1. The van der Waals surface area contributed by atoms with Crippen molar-refractivity contribution in [1.82, 2.24) is 14.5 Å². The second kappa shape index (κ2) is 18.3. The summed E-state index contributed by atoms with van der Waals surface area (Å²) in [6.07, 6.45) is 1.44. The Morgan fingerprint density at radius 2 is 1.17 bits per heavy atom. The zero-order chi connectivity index (χ0) is 59.0. The van der Waals surface area contributed by atoms with Crippen molar-refractivity contribution < 1.29 is 22.9 Å². The Bertz CT molecular complexity index is 4010. The molecule has 0 atom stereocenters. The van der Waals surface area contributed by atoms with Gasteiger partial charge in [-0.1, -0.05) is 182 Å². The van der Waals surface area contributed by atoms with Gasteiger partial charge in [0.05, 0.1) is 33.5 Å². The lowest BCUT2D eigenvalue weighted by molar-refractivity contribution is 0.466. The highest BCUT2D eigenvalue weighted by Gasteiger charge is 2.26. The average molecular weight is 911 g/mol. The highest BCUT2D eigenvalue weighted by molar-refractivity contribution is 5.99. The third kappa shape index (κ3) is 8.80. The quantitative estimate of drug-likeness (QED) is 0.149. The predicted molar refractivity (Wildman–Crippen MR) is 290 cm³/mol. The van der Waals surface area contributed by atoms with E-state index >= 15 is 0 Å². The van der Waals surface area contributed by atoms with Gasteiger partial charge >= 0.3 is 0 Å². The highest BCUT2D eigenvalue weighted by atomic mass is 16.3. The van der Waals surface area contributed by atoms with Crippen LogP contribution in [-0.4, -0.2) is 19.6 Å². The minimum absolute atomic E-state index is 0.0207. The summed E-state index contributed by atoms with van der Waals surface area (Å²) >= 11 is 0. The lowest BCUT2D eigenvalue weighted by atomic mass is 9.86. The van der Waals surface area contributed by atoms with Crippen molar-refractivity contribution in [3.8, 4) is 89.7 Å². The van der Waals surface area contributed by atoms with E-state index in [2.05, 4.69) is 87.7 Å². The smallest absolute Gasteiger partial charge is 0.149 e. The van der Waals surface area contributed by atoms with E-state index in [1.807, 2.05) is 103 Å². The molecule has 0 bridgehead atoms. The first-order valence-electron chi connectivity index (χ1n) is 29.7. The summed E-state index contributed by atoms with van der Waals surface area (Å²) in [4.78, 5) is 10.4. The second-order valence-electron chi connectivity index (χ2n) is 18.3. The Morgan fingerprint density at radius 3 is 1.83 bits per heavy atom. The summed E-state index contributed by atoms with van der Waals surface area (Å²) in [6.45, 7) is -0.947. The maximum absolute atomic E-state index is 12.5. The number of pyridine rings is 1. The van der Waals surface area contributed by atoms with Crippen molar-refractivity contribution in [2.45, 2.75) is 72.4 Å². The molecule has 2 heterocycles. The van der Waals surface area contributed by atoms with E-state index in [4.69, 9.17) is 25.0 Å². The van der Waals surface area contributed by atoms with Crippen LogP contribution in [0.2, 0.25) is 0 Å². The van der Waals surface area contributed by atoms with Gasteiger partial charge < -0.3 is 5.11 Å². The number of rotatable bonds is 10. The Labute approximate surface area is 426 Å². The molecule has 0 unspecified atom stereocenters. The first-order chi connectivity index (χ1) is 38.7. The van der Waals surface area contributed by atoms with Gasteiger partial charge in [0.2, 0.25) is 0 Å². The summed E-state index contributed by atoms with van der Waals surface area (Å²) in [5.74, 6) is 0.758. The normalized spacial score (nSPS) is 15.1. The predicted octanol–water partition coefficient (Wildman–Crippen LogP) is 17.6. The second-order valence-corrected chi connectivity index (χ2v) is 18.3. The fraction of sp³-hybridized carbons (Fsp3) is 0.169. The summed E-state index contributed by atoms with van der Waals surface area (Å²) in [6, 6.07) is 49.9. The minimum atomic E-state index is -3.82. The maximum Gasteiger partial charge on any atom is 0.149 e. The standard InChI is InChI=1S/C65H59N3O/c1-41(2)49-37-55(42(3)4)63(69)58(38-49)64-67-62-54(25-18-26-60(62)68(64)61-40-56(46-21-14-10-15-22-46)43(5)33-57(61)47-23-16-11-17-24-47)51-34-50(44-19-12-9-13-20-44)35-52(36-51)59-39-48(31-32-66-59)45-27-29-53(30-28-45)65(6,7)8/h9-42,69H,1-8H3/i6D3,7D3,8D3,27D,28D,29D,30D. The highest BCUT2D eigenvalue weighted by Crippen LogP contribution is 2.45. The van der Waals surface area contributed by atoms with Gasteiger partial charge in [0.1, 0.15) is 11.6 Å². The molecule has 4 heteroatoms. The van der Waals surface area contributed by atoms with Crippen LogP contribution in [0.1, 0.15) is 100 Å². The number of phenols is 1. The van der Waals surface area contributed by atoms with E-state index in [-0.39, 0.29) is 28.7 Å². The van der Waals surface area contributed by atoms with Gasteiger partial charge in [0.25, 0.3) is 0 Å². The lowest BCUT2D eigenvalue weighted by Gasteiger charge is -2.21. The van der Waals surface area contributed by atoms with Crippen LogP contribution >= 0.6 is 0 Å². The third-order valence-corrected chi connectivity index (χ3v) is 12.8. The molecule has 340 valence electrons. The van der Waals surface area contributed by atoms with Crippen molar-refractivity contribution in [3.05, 3.63) is 216 Å². The Morgan fingerprint density at radius 1 is 0.536 bits per heavy atom. The SMILES string of the molecule is [2H]c1c([2H])c(C(C([2H])([2H])[2H])(C([2H])([2H])[2H])C([2H])([2H])[2H])c([2H])c([2H])c1-c1ccnc(-c2cc(-c3ccccc3)cc(-c3cccc4c3nc(-c3cc(C(C)C)cc(C(C)C)c3O)n4-c3cc(-c4ccccc4)c(C)cc3-c3ccccc3)c2)c1. The molecule has 0 saturated carbocycles. The molecule has 0 aliphatic carbocycles. The molecule has 1 N–H and O–H groups in total. The summed E-state index contributed by atoms with van der Waals surface area (Å²) in [5.41, 5.74) is 8.57. The number of aromatic hydroxyl groups is 1. The van der Waals surface area contributed by atoms with Crippen molar-refractivity contribution in [1.29, 1.82) is 0 Å². The van der Waals surface area contributed by atoms with Crippen LogP contribution in [-0.2, 0) is 5.41 Å². The number of hydrogen-bond acceptors (Lipinski definition) is 3.